The van der Waals surface area contributed by atoms with Crippen LogP contribution in [0.1, 0.15) is 15.9 Å². The van der Waals surface area contributed by atoms with Gasteiger partial charge in [0.2, 0.25) is 12.3 Å². The van der Waals surface area contributed by atoms with Crippen LogP contribution in [0.3, 0.4) is 0 Å². The lowest BCUT2D eigenvalue weighted by Crippen LogP contribution is -2.46. The van der Waals surface area contributed by atoms with Gasteiger partial charge in [-0.05, 0) is 54.2 Å². The van der Waals surface area contributed by atoms with E-state index in [2.05, 4.69) is 26.4 Å². The number of thiocarbonyl (C=S) groups is 1. The summed E-state index contributed by atoms with van der Waals surface area (Å²) in [5.74, 6) is -0.277. The van der Waals surface area contributed by atoms with Crippen molar-refractivity contribution in [3.8, 4) is 11.5 Å². The summed E-state index contributed by atoms with van der Waals surface area (Å²) in [5, 5.41) is 10.5. The van der Waals surface area contributed by atoms with E-state index in [9.17, 15) is 9.18 Å². The zero-order valence-corrected chi connectivity index (χ0v) is 14.2. The number of benzene rings is 2. The number of nitrogens with one attached hydrogen (secondary N) is 3. The summed E-state index contributed by atoms with van der Waals surface area (Å²) in [6.45, 7) is 0.404. The predicted molar refractivity (Wildman–Crippen MR) is 96.2 cm³/mol. The molecule has 7 nitrogen and oxygen atoms in total. The molecule has 132 valence electrons. The van der Waals surface area contributed by atoms with Crippen molar-refractivity contribution in [3.63, 3.8) is 0 Å². The van der Waals surface area contributed by atoms with Gasteiger partial charge in [-0.2, -0.15) is 0 Å². The number of aromatic nitrogens is 2. The van der Waals surface area contributed by atoms with Crippen molar-refractivity contribution in [2.75, 3.05) is 0 Å². The highest BCUT2D eigenvalue weighted by Crippen LogP contribution is 2.16. The quantitative estimate of drug-likeness (QED) is 0.478. The summed E-state index contributed by atoms with van der Waals surface area (Å²) in [6, 6.07) is 12.7. The van der Waals surface area contributed by atoms with Gasteiger partial charge in [0, 0.05) is 17.7 Å². The molecule has 9 heteroatoms. The first kappa shape index (κ1) is 17.5. The molecule has 1 amide bonds. The van der Waals surface area contributed by atoms with Gasteiger partial charge in [0.25, 0.3) is 5.91 Å². The third-order valence-electron chi connectivity index (χ3n) is 3.41. The van der Waals surface area contributed by atoms with E-state index in [4.69, 9.17) is 16.6 Å². The zero-order valence-electron chi connectivity index (χ0n) is 13.4. The van der Waals surface area contributed by atoms with Gasteiger partial charge in [0.1, 0.15) is 5.82 Å². The van der Waals surface area contributed by atoms with E-state index in [0.717, 1.165) is 5.56 Å². The minimum Gasteiger partial charge on any atom is -0.423 e. The van der Waals surface area contributed by atoms with E-state index in [1.807, 2.05) is 0 Å². The van der Waals surface area contributed by atoms with E-state index in [1.54, 1.807) is 36.4 Å². The normalized spacial score (nSPS) is 10.2. The Hall–Kier alpha value is -3.33. The first-order chi connectivity index (χ1) is 12.6. The molecule has 0 saturated heterocycles. The summed E-state index contributed by atoms with van der Waals surface area (Å²) in [4.78, 5) is 12.1. The van der Waals surface area contributed by atoms with Gasteiger partial charge < -0.3 is 9.73 Å². The fourth-order valence-electron chi connectivity index (χ4n) is 2.08. The second-order valence-electron chi connectivity index (χ2n) is 5.21. The molecule has 0 aliphatic rings. The number of rotatable bonds is 4. The van der Waals surface area contributed by atoms with Crippen molar-refractivity contribution in [2.45, 2.75) is 6.54 Å². The van der Waals surface area contributed by atoms with Crippen LogP contribution in [-0.2, 0) is 6.54 Å². The first-order valence-corrected chi connectivity index (χ1v) is 7.98. The highest BCUT2D eigenvalue weighted by molar-refractivity contribution is 7.80. The monoisotopic (exact) mass is 371 g/mol. The molecule has 26 heavy (non-hydrogen) atoms. The molecule has 0 aliphatic heterocycles. The SMILES string of the molecule is O=C(NNC(=S)NCc1ccc(F)cc1)c1ccc(-c2nnco2)cc1. The molecule has 1 heterocycles. The van der Waals surface area contributed by atoms with Gasteiger partial charge in [0.15, 0.2) is 5.11 Å². The maximum Gasteiger partial charge on any atom is 0.269 e. The lowest BCUT2D eigenvalue weighted by molar-refractivity contribution is 0.0943. The zero-order chi connectivity index (χ0) is 18.4. The topological polar surface area (TPSA) is 92.1 Å². The lowest BCUT2D eigenvalue weighted by Gasteiger charge is -2.11. The van der Waals surface area contributed by atoms with Gasteiger partial charge in [-0.15, -0.1) is 10.2 Å². The summed E-state index contributed by atoms with van der Waals surface area (Å²) >= 11 is 5.08. The fraction of sp³-hybridized carbons (Fsp3) is 0.0588. The van der Waals surface area contributed by atoms with E-state index in [0.29, 0.717) is 23.6 Å². The van der Waals surface area contributed by atoms with E-state index in [1.165, 1.54) is 18.5 Å². The lowest BCUT2D eigenvalue weighted by atomic mass is 10.1. The van der Waals surface area contributed by atoms with Crippen molar-refractivity contribution in [3.05, 3.63) is 71.9 Å². The van der Waals surface area contributed by atoms with E-state index >= 15 is 0 Å². The van der Waals surface area contributed by atoms with Crippen molar-refractivity contribution in [2.24, 2.45) is 0 Å². The fourth-order valence-corrected chi connectivity index (χ4v) is 2.20. The summed E-state index contributed by atoms with van der Waals surface area (Å²) < 4.78 is 17.9. The number of carbonyl (C=O) groups is 1. The Balaban J connectivity index is 1.47. The van der Waals surface area contributed by atoms with Crippen LogP contribution in [0.5, 0.6) is 0 Å². The third-order valence-corrected chi connectivity index (χ3v) is 3.66. The molecule has 3 N–H and O–H groups in total. The second-order valence-corrected chi connectivity index (χ2v) is 5.62. The molecule has 0 unspecified atom stereocenters. The Kier molecular flexibility index (Phi) is 5.49. The van der Waals surface area contributed by atoms with Gasteiger partial charge >= 0.3 is 0 Å². The molecule has 2 aromatic carbocycles. The number of hydrazine groups is 1. The summed E-state index contributed by atoms with van der Waals surface area (Å²) in [6.07, 6.45) is 1.24. The van der Waals surface area contributed by atoms with Crippen LogP contribution in [0, 0.1) is 5.82 Å². The highest BCUT2D eigenvalue weighted by atomic mass is 32.1. The third kappa shape index (κ3) is 4.61. The van der Waals surface area contributed by atoms with Crippen LogP contribution in [0.15, 0.2) is 59.3 Å². The second kappa shape index (κ2) is 8.17. The van der Waals surface area contributed by atoms with Crippen LogP contribution in [0.2, 0.25) is 0 Å². The number of carbonyl (C=O) groups excluding carboxylic acids is 1. The van der Waals surface area contributed by atoms with E-state index in [-0.39, 0.29) is 16.8 Å². The Morgan fingerprint density at radius 1 is 1.08 bits per heavy atom. The average Bonchev–Trinajstić information content (AvgIpc) is 3.20. The summed E-state index contributed by atoms with van der Waals surface area (Å²) in [5.41, 5.74) is 7.11. The average molecular weight is 371 g/mol. The molecule has 3 aromatic rings. The van der Waals surface area contributed by atoms with Gasteiger partial charge in [-0.25, -0.2) is 4.39 Å². The Labute approximate surface area is 153 Å². The molecule has 0 radical (unpaired) electrons. The number of halogens is 1. The number of hydrogen-bond donors (Lipinski definition) is 3. The summed E-state index contributed by atoms with van der Waals surface area (Å²) in [7, 11) is 0. The molecule has 1 aromatic heterocycles. The Bertz CT molecular complexity index is 883. The molecule has 0 saturated carbocycles. The minimum absolute atomic E-state index is 0.241. The molecular weight excluding hydrogens is 357 g/mol. The van der Waals surface area contributed by atoms with Crippen LogP contribution in [-0.4, -0.2) is 21.2 Å². The maximum atomic E-state index is 12.8. The van der Waals surface area contributed by atoms with Crippen LogP contribution in [0.25, 0.3) is 11.5 Å². The number of hydrogen-bond acceptors (Lipinski definition) is 5. The molecular formula is C17H14FN5O2S. The van der Waals surface area contributed by atoms with Gasteiger partial charge in [-0.3, -0.25) is 15.6 Å². The largest absolute Gasteiger partial charge is 0.423 e. The van der Waals surface area contributed by atoms with E-state index < -0.39 is 0 Å². The predicted octanol–water partition coefficient (Wildman–Crippen LogP) is 2.18. The number of nitrogens with zero attached hydrogens (tertiary/aromatic N) is 2. The molecule has 0 aliphatic carbocycles. The van der Waals surface area contributed by atoms with Crippen molar-refractivity contribution >= 4 is 23.2 Å². The molecule has 3 rings (SSSR count). The molecule has 0 bridgehead atoms. The van der Waals surface area contributed by atoms with Crippen LogP contribution in [0.4, 0.5) is 4.39 Å². The molecule has 0 spiro atoms. The highest BCUT2D eigenvalue weighted by Gasteiger charge is 2.08. The Morgan fingerprint density at radius 2 is 1.81 bits per heavy atom. The molecule has 0 fully saturated rings. The first-order valence-electron chi connectivity index (χ1n) is 7.57. The minimum atomic E-state index is -0.354. The standard InChI is InChI=1S/C17H14FN5O2S/c18-14-7-1-11(2-8-14)9-19-17(26)23-21-15(24)12-3-5-13(6-4-12)16-22-20-10-25-16/h1-8,10H,9H2,(H,21,24)(H2,19,23,26). The van der Waals surface area contributed by atoms with Gasteiger partial charge in [-0.1, -0.05) is 12.1 Å². The van der Waals surface area contributed by atoms with Crippen LogP contribution < -0.4 is 16.2 Å². The van der Waals surface area contributed by atoms with Gasteiger partial charge in [0.05, 0.1) is 0 Å². The Morgan fingerprint density at radius 3 is 2.46 bits per heavy atom. The van der Waals surface area contributed by atoms with Crippen molar-refractivity contribution in [1.29, 1.82) is 0 Å². The van der Waals surface area contributed by atoms with Crippen molar-refractivity contribution < 1.29 is 13.6 Å². The number of amides is 1. The molecule has 0 atom stereocenters. The smallest absolute Gasteiger partial charge is 0.269 e. The van der Waals surface area contributed by atoms with Crippen LogP contribution >= 0.6 is 12.2 Å². The van der Waals surface area contributed by atoms with Crippen molar-refractivity contribution in [1.82, 2.24) is 26.4 Å². The maximum absolute atomic E-state index is 12.8.